The number of likely N-dealkylation sites (tertiary alicyclic amines) is 1. The summed E-state index contributed by atoms with van der Waals surface area (Å²) in [6, 6.07) is 30.3. The average molecular weight is 439 g/mol. The molecule has 3 aromatic rings. The Bertz CT molecular complexity index is 1000. The van der Waals surface area contributed by atoms with Crippen molar-refractivity contribution in [3.63, 3.8) is 0 Å². The van der Waals surface area contributed by atoms with Gasteiger partial charge < -0.3 is 9.80 Å². The Morgan fingerprint density at radius 3 is 1.97 bits per heavy atom. The Hall–Kier alpha value is -2.91. The number of benzene rings is 3. The Labute approximate surface area is 198 Å². The summed E-state index contributed by atoms with van der Waals surface area (Å²) < 4.78 is 0. The van der Waals surface area contributed by atoms with Gasteiger partial charge in [-0.05, 0) is 67.6 Å². The van der Waals surface area contributed by atoms with E-state index in [1.165, 1.54) is 22.3 Å². The van der Waals surface area contributed by atoms with Crippen LogP contribution in [0, 0.1) is 5.92 Å². The standard InChI is InChI=1S/C30H34N2O/c33-30(32-22-17-24-9-7-8-14-28(24)23-32)27-15-19-31(20-16-27)21-18-29(25-10-3-1-4-11-25)26-12-5-2-6-13-26/h1-14,27,29H,15-23H2. The molecule has 33 heavy (non-hydrogen) atoms. The monoisotopic (exact) mass is 438 g/mol. The van der Waals surface area contributed by atoms with E-state index in [0.717, 1.165) is 58.4 Å². The van der Waals surface area contributed by atoms with Gasteiger partial charge in [-0.2, -0.15) is 0 Å². The van der Waals surface area contributed by atoms with Gasteiger partial charge >= 0.3 is 0 Å². The van der Waals surface area contributed by atoms with Crippen molar-refractivity contribution in [2.45, 2.75) is 38.1 Å². The van der Waals surface area contributed by atoms with Crippen molar-refractivity contribution >= 4 is 5.91 Å². The van der Waals surface area contributed by atoms with Gasteiger partial charge in [0, 0.05) is 24.9 Å². The first kappa shape index (κ1) is 21.9. The maximum Gasteiger partial charge on any atom is 0.226 e. The van der Waals surface area contributed by atoms with E-state index in [0.29, 0.717) is 11.8 Å². The molecule has 2 aliphatic heterocycles. The number of carbonyl (C=O) groups is 1. The third-order valence-electron chi connectivity index (χ3n) is 7.52. The minimum atomic E-state index is 0.186. The van der Waals surface area contributed by atoms with Crippen LogP contribution in [-0.2, 0) is 17.8 Å². The number of hydrogen-bond donors (Lipinski definition) is 0. The van der Waals surface area contributed by atoms with Crippen LogP contribution in [0.5, 0.6) is 0 Å². The first-order valence-corrected chi connectivity index (χ1v) is 12.5. The molecule has 3 aromatic carbocycles. The number of hydrogen-bond acceptors (Lipinski definition) is 2. The van der Waals surface area contributed by atoms with Gasteiger partial charge in [-0.25, -0.2) is 0 Å². The molecule has 1 saturated heterocycles. The number of nitrogens with zero attached hydrogens (tertiary/aromatic N) is 2. The predicted octanol–water partition coefficient (Wildman–Crippen LogP) is 5.51. The van der Waals surface area contributed by atoms with Crippen molar-refractivity contribution in [3.8, 4) is 0 Å². The van der Waals surface area contributed by atoms with E-state index in [4.69, 9.17) is 0 Å². The summed E-state index contributed by atoms with van der Waals surface area (Å²) in [4.78, 5) is 17.9. The molecular weight excluding hydrogens is 404 g/mol. The molecule has 0 atom stereocenters. The fourth-order valence-electron chi connectivity index (χ4n) is 5.55. The summed E-state index contributed by atoms with van der Waals surface area (Å²) in [5, 5.41) is 0. The van der Waals surface area contributed by atoms with Gasteiger partial charge in [-0.1, -0.05) is 84.9 Å². The third kappa shape index (κ3) is 5.20. The van der Waals surface area contributed by atoms with E-state index in [1.807, 2.05) is 0 Å². The average Bonchev–Trinajstić information content (AvgIpc) is 2.90. The van der Waals surface area contributed by atoms with Gasteiger partial charge in [0.15, 0.2) is 0 Å². The number of amides is 1. The molecule has 0 N–H and O–H groups in total. The van der Waals surface area contributed by atoms with Crippen molar-refractivity contribution in [2.24, 2.45) is 5.92 Å². The van der Waals surface area contributed by atoms with E-state index in [9.17, 15) is 4.79 Å². The highest BCUT2D eigenvalue weighted by Gasteiger charge is 2.30. The molecule has 0 bridgehead atoms. The highest BCUT2D eigenvalue weighted by Crippen LogP contribution is 2.30. The lowest BCUT2D eigenvalue weighted by atomic mass is 9.88. The highest BCUT2D eigenvalue weighted by atomic mass is 16.2. The highest BCUT2D eigenvalue weighted by molar-refractivity contribution is 5.79. The van der Waals surface area contributed by atoms with Crippen molar-refractivity contribution in [3.05, 3.63) is 107 Å². The first-order chi connectivity index (χ1) is 16.3. The first-order valence-electron chi connectivity index (χ1n) is 12.5. The molecule has 2 heterocycles. The molecule has 1 amide bonds. The second kappa shape index (κ2) is 10.4. The molecule has 0 aliphatic carbocycles. The Morgan fingerprint density at radius 2 is 1.33 bits per heavy atom. The lowest BCUT2D eigenvalue weighted by Gasteiger charge is -2.36. The minimum Gasteiger partial charge on any atom is -0.338 e. The molecule has 3 nitrogen and oxygen atoms in total. The lowest BCUT2D eigenvalue weighted by Crippen LogP contribution is -2.44. The fraction of sp³-hybridized carbons (Fsp3) is 0.367. The van der Waals surface area contributed by atoms with Gasteiger partial charge in [0.2, 0.25) is 5.91 Å². The lowest BCUT2D eigenvalue weighted by molar-refractivity contribution is -0.138. The third-order valence-corrected chi connectivity index (χ3v) is 7.52. The SMILES string of the molecule is O=C(C1CCN(CCC(c2ccccc2)c2ccccc2)CC1)N1CCc2ccccc2C1. The zero-order valence-electron chi connectivity index (χ0n) is 19.4. The van der Waals surface area contributed by atoms with Crippen molar-refractivity contribution < 1.29 is 4.79 Å². The van der Waals surface area contributed by atoms with Crippen LogP contribution in [-0.4, -0.2) is 41.9 Å². The smallest absolute Gasteiger partial charge is 0.226 e. The fourth-order valence-corrected chi connectivity index (χ4v) is 5.55. The summed E-state index contributed by atoms with van der Waals surface area (Å²) in [7, 11) is 0. The number of fused-ring (bicyclic) bond motifs is 1. The van der Waals surface area contributed by atoms with Gasteiger partial charge in [-0.15, -0.1) is 0 Å². The molecule has 3 heteroatoms. The molecule has 0 saturated carbocycles. The van der Waals surface area contributed by atoms with E-state index in [2.05, 4.69) is 94.7 Å². The molecule has 5 rings (SSSR count). The van der Waals surface area contributed by atoms with Crippen LogP contribution in [0.2, 0.25) is 0 Å². The van der Waals surface area contributed by atoms with Crippen LogP contribution in [0.3, 0.4) is 0 Å². The second-order valence-electron chi connectivity index (χ2n) is 9.56. The van der Waals surface area contributed by atoms with Gasteiger partial charge in [0.25, 0.3) is 0 Å². The predicted molar refractivity (Wildman–Crippen MR) is 134 cm³/mol. The van der Waals surface area contributed by atoms with E-state index in [1.54, 1.807) is 0 Å². The molecule has 0 aromatic heterocycles. The van der Waals surface area contributed by atoms with Gasteiger partial charge in [0.05, 0.1) is 0 Å². The quantitative estimate of drug-likeness (QED) is 0.507. The van der Waals surface area contributed by atoms with E-state index < -0.39 is 0 Å². The summed E-state index contributed by atoms with van der Waals surface area (Å²) in [5.74, 6) is 0.973. The van der Waals surface area contributed by atoms with Crippen molar-refractivity contribution in [1.29, 1.82) is 0 Å². The maximum absolute atomic E-state index is 13.2. The Kier molecular flexibility index (Phi) is 6.87. The summed E-state index contributed by atoms with van der Waals surface area (Å²) in [6.45, 7) is 4.78. The van der Waals surface area contributed by atoms with Gasteiger partial charge in [-0.3, -0.25) is 4.79 Å². The molecule has 0 unspecified atom stereocenters. The number of rotatable bonds is 6. The second-order valence-corrected chi connectivity index (χ2v) is 9.56. The van der Waals surface area contributed by atoms with Crippen LogP contribution in [0.15, 0.2) is 84.9 Å². The summed E-state index contributed by atoms with van der Waals surface area (Å²) in [6.07, 6.45) is 4.06. The van der Waals surface area contributed by atoms with Gasteiger partial charge in [0.1, 0.15) is 0 Å². The van der Waals surface area contributed by atoms with Crippen LogP contribution in [0.25, 0.3) is 0 Å². The Morgan fingerprint density at radius 1 is 0.758 bits per heavy atom. The number of carbonyl (C=O) groups excluding carboxylic acids is 1. The topological polar surface area (TPSA) is 23.6 Å². The van der Waals surface area contributed by atoms with E-state index >= 15 is 0 Å². The zero-order chi connectivity index (χ0) is 22.5. The molecule has 2 aliphatic rings. The molecule has 0 radical (unpaired) electrons. The number of piperidine rings is 1. The van der Waals surface area contributed by atoms with E-state index in [-0.39, 0.29) is 5.92 Å². The zero-order valence-corrected chi connectivity index (χ0v) is 19.4. The molecule has 0 spiro atoms. The normalized spacial score (nSPS) is 17.2. The Balaban J connectivity index is 1.15. The van der Waals surface area contributed by atoms with Crippen LogP contribution < -0.4 is 0 Å². The molecule has 1 fully saturated rings. The summed E-state index contributed by atoms with van der Waals surface area (Å²) in [5.41, 5.74) is 5.50. The molecular formula is C30H34N2O. The minimum absolute atomic E-state index is 0.186. The van der Waals surface area contributed by atoms with Crippen LogP contribution in [0.4, 0.5) is 0 Å². The van der Waals surface area contributed by atoms with Crippen molar-refractivity contribution in [1.82, 2.24) is 9.80 Å². The maximum atomic E-state index is 13.2. The van der Waals surface area contributed by atoms with Crippen LogP contribution >= 0.6 is 0 Å². The van der Waals surface area contributed by atoms with Crippen LogP contribution in [0.1, 0.15) is 47.4 Å². The van der Waals surface area contributed by atoms with Crippen molar-refractivity contribution in [2.75, 3.05) is 26.2 Å². The largest absolute Gasteiger partial charge is 0.338 e. The summed E-state index contributed by atoms with van der Waals surface area (Å²) >= 11 is 0. The molecule has 170 valence electrons.